The van der Waals surface area contributed by atoms with Crippen LogP contribution in [0.3, 0.4) is 0 Å². The lowest BCUT2D eigenvalue weighted by atomic mass is 10.1. The third kappa shape index (κ3) is 3.55. The molecular formula is C14H22N2OS. The minimum absolute atomic E-state index is 0.347. The minimum Gasteiger partial charge on any atom is -0.490 e. The molecule has 0 bridgehead atoms. The van der Waals surface area contributed by atoms with E-state index in [-0.39, 0.29) is 0 Å². The molecule has 1 saturated heterocycles. The first kappa shape index (κ1) is 13.5. The van der Waals surface area contributed by atoms with Crippen LogP contribution < -0.4 is 10.1 Å². The largest absolute Gasteiger partial charge is 0.490 e. The smallest absolute Gasteiger partial charge is 0.168 e. The molecule has 4 heteroatoms. The van der Waals surface area contributed by atoms with Crippen LogP contribution in [0.1, 0.15) is 33.1 Å². The van der Waals surface area contributed by atoms with Crippen molar-refractivity contribution < 1.29 is 4.74 Å². The Hall–Kier alpha value is -0.900. The summed E-state index contributed by atoms with van der Waals surface area (Å²) in [5, 5.41) is 3.45. The second kappa shape index (κ2) is 6.32. The van der Waals surface area contributed by atoms with Gasteiger partial charge in [0, 0.05) is 17.5 Å². The first-order chi connectivity index (χ1) is 8.73. The second-order valence-corrected chi connectivity index (χ2v) is 6.64. The molecule has 0 amide bonds. The Morgan fingerprint density at radius 1 is 1.56 bits per heavy atom. The lowest BCUT2D eigenvalue weighted by Gasteiger charge is -2.23. The summed E-state index contributed by atoms with van der Waals surface area (Å²) in [7, 11) is 0. The van der Waals surface area contributed by atoms with Crippen molar-refractivity contribution in [1.29, 1.82) is 0 Å². The van der Waals surface area contributed by atoms with E-state index in [1.165, 1.54) is 18.6 Å². The molecule has 2 rings (SSSR count). The summed E-state index contributed by atoms with van der Waals surface area (Å²) in [5.41, 5.74) is 0. The van der Waals surface area contributed by atoms with E-state index in [9.17, 15) is 0 Å². The van der Waals surface area contributed by atoms with Gasteiger partial charge in [-0.2, -0.15) is 11.8 Å². The van der Waals surface area contributed by atoms with Gasteiger partial charge in [-0.25, -0.2) is 4.98 Å². The van der Waals surface area contributed by atoms with Crippen molar-refractivity contribution in [3.8, 4) is 5.75 Å². The molecular weight excluding hydrogens is 244 g/mol. The third-order valence-corrected chi connectivity index (χ3v) is 4.70. The van der Waals surface area contributed by atoms with Crippen LogP contribution in [-0.4, -0.2) is 28.6 Å². The average molecular weight is 266 g/mol. The highest BCUT2D eigenvalue weighted by molar-refractivity contribution is 8.00. The maximum Gasteiger partial charge on any atom is 0.168 e. The number of ether oxygens (including phenoxy) is 1. The van der Waals surface area contributed by atoms with Gasteiger partial charge in [-0.15, -0.1) is 0 Å². The van der Waals surface area contributed by atoms with Crippen LogP contribution in [-0.2, 0) is 0 Å². The highest BCUT2D eigenvalue weighted by Crippen LogP contribution is 2.38. The molecule has 1 N–H and O–H groups in total. The summed E-state index contributed by atoms with van der Waals surface area (Å²) < 4.78 is 6.05. The number of nitrogens with one attached hydrogen (secondary N) is 1. The average Bonchev–Trinajstić information content (AvgIpc) is 2.82. The zero-order valence-corrected chi connectivity index (χ0v) is 12.1. The van der Waals surface area contributed by atoms with Gasteiger partial charge in [-0.05, 0) is 44.1 Å². The van der Waals surface area contributed by atoms with E-state index >= 15 is 0 Å². The Bertz CT molecular complexity index is 378. The van der Waals surface area contributed by atoms with Gasteiger partial charge < -0.3 is 10.1 Å². The van der Waals surface area contributed by atoms with Gasteiger partial charge in [0.15, 0.2) is 11.6 Å². The van der Waals surface area contributed by atoms with E-state index in [1.54, 1.807) is 0 Å². The molecule has 1 unspecified atom stereocenters. The Morgan fingerprint density at radius 3 is 3.17 bits per heavy atom. The normalized spacial score (nSPS) is 23.0. The highest BCUT2D eigenvalue weighted by atomic mass is 32.2. The molecule has 100 valence electrons. The summed E-state index contributed by atoms with van der Waals surface area (Å²) in [6.45, 7) is 6.14. The maximum atomic E-state index is 5.70. The number of thioether (sulfide) groups is 1. The molecule has 1 atom stereocenters. The highest BCUT2D eigenvalue weighted by Gasteiger charge is 2.29. The molecule has 0 aliphatic carbocycles. The van der Waals surface area contributed by atoms with Crippen molar-refractivity contribution in [3.63, 3.8) is 0 Å². The number of anilines is 1. The molecule has 3 nitrogen and oxygen atoms in total. The third-order valence-electron chi connectivity index (χ3n) is 3.16. The van der Waals surface area contributed by atoms with E-state index < -0.39 is 0 Å². The van der Waals surface area contributed by atoms with Gasteiger partial charge in [-0.1, -0.05) is 6.92 Å². The first-order valence-corrected chi connectivity index (χ1v) is 7.68. The Morgan fingerprint density at radius 2 is 2.44 bits per heavy atom. The zero-order valence-electron chi connectivity index (χ0n) is 11.2. The summed E-state index contributed by atoms with van der Waals surface area (Å²) in [6.07, 6.45) is 5.43. The number of aromatic nitrogens is 1. The summed E-state index contributed by atoms with van der Waals surface area (Å²) >= 11 is 2.06. The second-order valence-electron chi connectivity index (χ2n) is 4.95. The van der Waals surface area contributed by atoms with Gasteiger partial charge in [0.1, 0.15) is 0 Å². The van der Waals surface area contributed by atoms with Crippen molar-refractivity contribution in [2.75, 3.05) is 24.2 Å². The molecule has 2 heterocycles. The van der Waals surface area contributed by atoms with Crippen LogP contribution in [0.4, 0.5) is 5.82 Å². The van der Waals surface area contributed by atoms with Crippen molar-refractivity contribution in [2.24, 2.45) is 0 Å². The lowest BCUT2D eigenvalue weighted by Crippen LogP contribution is -2.27. The molecule has 1 aromatic rings. The fraction of sp³-hybridized carbons (Fsp3) is 0.643. The van der Waals surface area contributed by atoms with Gasteiger partial charge >= 0.3 is 0 Å². The summed E-state index contributed by atoms with van der Waals surface area (Å²) in [6, 6.07) is 3.90. The van der Waals surface area contributed by atoms with E-state index in [2.05, 4.69) is 35.9 Å². The monoisotopic (exact) mass is 266 g/mol. The van der Waals surface area contributed by atoms with Gasteiger partial charge in [-0.3, -0.25) is 0 Å². The number of hydrogen-bond donors (Lipinski definition) is 1. The minimum atomic E-state index is 0.347. The van der Waals surface area contributed by atoms with Crippen LogP contribution >= 0.6 is 11.8 Å². The summed E-state index contributed by atoms with van der Waals surface area (Å²) in [4.78, 5) is 4.38. The zero-order chi connectivity index (χ0) is 12.8. The molecule has 1 aliphatic heterocycles. The van der Waals surface area contributed by atoms with E-state index in [0.29, 0.717) is 4.75 Å². The van der Waals surface area contributed by atoms with Gasteiger partial charge in [0.2, 0.25) is 0 Å². The standard InChI is InChI=1S/C14H22N2OS/c1-3-9-17-12-6-4-8-15-13(12)16-11-14(2)7-5-10-18-14/h4,6,8H,3,5,7,9-11H2,1-2H3,(H,15,16). The topological polar surface area (TPSA) is 34.1 Å². The van der Waals surface area contributed by atoms with Crippen LogP contribution in [0.25, 0.3) is 0 Å². The summed E-state index contributed by atoms with van der Waals surface area (Å²) in [5.74, 6) is 3.02. The van der Waals surface area contributed by atoms with Gasteiger partial charge in [0.25, 0.3) is 0 Å². The van der Waals surface area contributed by atoms with Crippen LogP contribution in [0.5, 0.6) is 5.75 Å². The lowest BCUT2D eigenvalue weighted by molar-refractivity contribution is 0.317. The number of pyridine rings is 1. The van der Waals surface area contributed by atoms with E-state index in [1.807, 2.05) is 18.3 Å². The number of hydrogen-bond acceptors (Lipinski definition) is 4. The molecule has 0 saturated carbocycles. The predicted octanol–water partition coefficient (Wildman–Crippen LogP) is 3.57. The van der Waals surface area contributed by atoms with Crippen molar-refractivity contribution in [2.45, 2.75) is 37.9 Å². The maximum absolute atomic E-state index is 5.70. The molecule has 0 aromatic carbocycles. The fourth-order valence-corrected chi connectivity index (χ4v) is 3.34. The Labute approximate surface area is 114 Å². The SMILES string of the molecule is CCCOc1cccnc1NCC1(C)CCCS1. The molecule has 1 fully saturated rings. The Kier molecular flexibility index (Phi) is 4.75. The van der Waals surface area contributed by atoms with Crippen LogP contribution in [0, 0.1) is 0 Å². The molecule has 0 spiro atoms. The number of rotatable bonds is 6. The molecule has 18 heavy (non-hydrogen) atoms. The predicted molar refractivity (Wildman–Crippen MR) is 78.6 cm³/mol. The van der Waals surface area contributed by atoms with Crippen LogP contribution in [0.15, 0.2) is 18.3 Å². The van der Waals surface area contributed by atoms with Crippen LogP contribution in [0.2, 0.25) is 0 Å². The molecule has 1 aromatic heterocycles. The van der Waals surface area contributed by atoms with Gasteiger partial charge in [0.05, 0.1) is 6.61 Å². The first-order valence-electron chi connectivity index (χ1n) is 6.69. The van der Waals surface area contributed by atoms with Crippen molar-refractivity contribution in [1.82, 2.24) is 4.98 Å². The van der Waals surface area contributed by atoms with E-state index in [4.69, 9.17) is 4.74 Å². The molecule has 0 radical (unpaired) electrons. The fourth-order valence-electron chi connectivity index (χ4n) is 2.10. The quantitative estimate of drug-likeness (QED) is 0.853. The van der Waals surface area contributed by atoms with Crippen molar-refractivity contribution >= 4 is 17.6 Å². The van der Waals surface area contributed by atoms with Crippen molar-refractivity contribution in [3.05, 3.63) is 18.3 Å². The number of nitrogens with zero attached hydrogens (tertiary/aromatic N) is 1. The van der Waals surface area contributed by atoms with E-state index in [0.717, 1.165) is 31.1 Å². The Balaban J connectivity index is 1.95. The molecule has 1 aliphatic rings.